The lowest BCUT2D eigenvalue weighted by molar-refractivity contribution is -0.0206. The average Bonchev–Trinajstić information content (AvgIpc) is 3.28. The van der Waals surface area contributed by atoms with Crippen LogP contribution in [0.1, 0.15) is 29.9 Å². The van der Waals surface area contributed by atoms with Crippen molar-refractivity contribution in [3.8, 4) is 16.9 Å². The van der Waals surface area contributed by atoms with Gasteiger partial charge in [0.05, 0.1) is 31.9 Å². The van der Waals surface area contributed by atoms with Gasteiger partial charge in [-0.1, -0.05) is 67.6 Å². The minimum Gasteiger partial charge on any atom is -0.410 e. The number of likely N-dealkylation sites (N-methyl/N-ethyl adjacent to an activating group) is 1. The summed E-state index contributed by atoms with van der Waals surface area (Å²) in [4.78, 5) is 30.6. The summed E-state index contributed by atoms with van der Waals surface area (Å²) in [6, 6.07) is 24.5. The molecular weight excluding hydrogens is 518 g/mol. The molecule has 5 rings (SSSR count). The van der Waals surface area contributed by atoms with E-state index >= 15 is 0 Å². The van der Waals surface area contributed by atoms with E-state index in [2.05, 4.69) is 0 Å². The quantitative estimate of drug-likeness (QED) is 0.360. The largest absolute Gasteiger partial charge is 0.415 e. The summed E-state index contributed by atoms with van der Waals surface area (Å²) in [6.45, 7) is 4.59. The highest BCUT2D eigenvalue weighted by atomic mass is 16.6. The van der Waals surface area contributed by atoms with Crippen molar-refractivity contribution in [2.24, 2.45) is 13.0 Å². The Morgan fingerprint density at radius 1 is 1.07 bits per heavy atom. The van der Waals surface area contributed by atoms with E-state index in [-0.39, 0.29) is 25.0 Å². The Labute approximate surface area is 240 Å². The molecule has 2 amide bonds. The molecule has 1 aliphatic rings. The third-order valence-corrected chi connectivity index (χ3v) is 7.94. The molecule has 214 valence electrons. The highest BCUT2D eigenvalue weighted by Gasteiger charge is 2.34. The van der Waals surface area contributed by atoms with Crippen molar-refractivity contribution in [1.29, 1.82) is 0 Å². The van der Waals surface area contributed by atoms with Gasteiger partial charge in [0.2, 0.25) is 0 Å². The van der Waals surface area contributed by atoms with Gasteiger partial charge in [0, 0.05) is 43.0 Å². The fourth-order valence-corrected chi connectivity index (χ4v) is 5.54. The summed E-state index contributed by atoms with van der Waals surface area (Å²) in [5.74, 6) is 0.149. The molecule has 8 heteroatoms. The third-order valence-electron chi connectivity index (χ3n) is 7.94. The molecule has 4 aromatic rings. The van der Waals surface area contributed by atoms with Gasteiger partial charge in [-0.15, -0.1) is 0 Å². The van der Waals surface area contributed by atoms with Crippen LogP contribution in [0, 0.1) is 5.92 Å². The first kappa shape index (κ1) is 28.4. The Morgan fingerprint density at radius 3 is 2.51 bits per heavy atom. The second kappa shape index (κ2) is 12.2. The minimum atomic E-state index is -0.489. The molecule has 3 atom stereocenters. The predicted octanol–water partition coefficient (Wildman–Crippen LogP) is 5.33. The second-order valence-corrected chi connectivity index (χ2v) is 10.8. The summed E-state index contributed by atoms with van der Waals surface area (Å²) in [5.41, 5.74) is 4.27. The number of fused-ring (bicyclic) bond motifs is 5. The highest BCUT2D eigenvalue weighted by Crippen LogP contribution is 2.38. The molecule has 3 aromatic carbocycles. The molecule has 8 nitrogen and oxygen atoms in total. The molecule has 41 heavy (non-hydrogen) atoms. The van der Waals surface area contributed by atoms with Crippen molar-refractivity contribution >= 4 is 22.9 Å². The van der Waals surface area contributed by atoms with E-state index in [9.17, 15) is 14.7 Å². The molecular formula is C33H37N3O5. The number of aromatic nitrogens is 1. The van der Waals surface area contributed by atoms with Crippen LogP contribution < -0.4 is 4.74 Å². The molecule has 2 heterocycles. The maximum absolute atomic E-state index is 14.4. The molecule has 1 N–H and O–H groups in total. The van der Waals surface area contributed by atoms with Crippen LogP contribution in [0.3, 0.4) is 0 Å². The maximum atomic E-state index is 14.4. The van der Waals surface area contributed by atoms with Crippen LogP contribution in [0.2, 0.25) is 0 Å². The van der Waals surface area contributed by atoms with E-state index < -0.39 is 18.2 Å². The number of hydrogen-bond donors (Lipinski definition) is 1. The number of para-hydroxylation sites is 2. The van der Waals surface area contributed by atoms with Crippen LogP contribution in [0.5, 0.6) is 5.75 Å². The van der Waals surface area contributed by atoms with Gasteiger partial charge in [-0.2, -0.15) is 0 Å². The summed E-state index contributed by atoms with van der Waals surface area (Å²) >= 11 is 0. The standard InChI is InChI=1S/C33H37N3O5/c1-22-18-36(23(2)20-37)32(38)31-30(27-16-10-11-17-28(27)35(31)4)26-15-9-8-12-24(26)21-40-29(22)19-34(3)33(39)41-25-13-6-5-7-14-25/h5-17,22-23,29,37H,18-21H2,1-4H3/t22-,23+,29+/m0/s1. The van der Waals surface area contributed by atoms with Crippen molar-refractivity contribution in [2.75, 3.05) is 26.7 Å². The van der Waals surface area contributed by atoms with Crippen molar-refractivity contribution in [2.45, 2.75) is 32.6 Å². The van der Waals surface area contributed by atoms with Crippen LogP contribution in [0.25, 0.3) is 22.0 Å². The molecule has 0 saturated heterocycles. The first-order valence-corrected chi connectivity index (χ1v) is 14.0. The van der Waals surface area contributed by atoms with E-state index in [0.717, 1.165) is 27.6 Å². The first-order valence-electron chi connectivity index (χ1n) is 14.0. The van der Waals surface area contributed by atoms with Gasteiger partial charge < -0.3 is 28.9 Å². The predicted molar refractivity (Wildman–Crippen MR) is 159 cm³/mol. The number of carbonyl (C=O) groups excluding carboxylic acids is 2. The normalized spacial score (nSPS) is 18.3. The van der Waals surface area contributed by atoms with Crippen molar-refractivity contribution in [3.05, 3.63) is 90.1 Å². The number of benzene rings is 3. The maximum Gasteiger partial charge on any atom is 0.415 e. The lowest BCUT2D eigenvalue weighted by atomic mass is 9.96. The fraction of sp³-hybridized carbons (Fsp3) is 0.333. The van der Waals surface area contributed by atoms with E-state index in [1.807, 2.05) is 92.2 Å². The lowest BCUT2D eigenvalue weighted by Crippen LogP contribution is -2.48. The monoisotopic (exact) mass is 555 g/mol. The molecule has 1 aromatic heterocycles. The number of aryl methyl sites for hydroxylation is 1. The zero-order chi connectivity index (χ0) is 29.1. The molecule has 0 radical (unpaired) electrons. The van der Waals surface area contributed by atoms with E-state index in [4.69, 9.17) is 9.47 Å². The Kier molecular flexibility index (Phi) is 8.42. The number of nitrogens with zero attached hydrogens (tertiary/aromatic N) is 3. The van der Waals surface area contributed by atoms with Crippen molar-refractivity contribution < 1.29 is 24.2 Å². The number of ether oxygens (including phenoxy) is 2. The van der Waals surface area contributed by atoms with Gasteiger partial charge in [0.1, 0.15) is 11.4 Å². The molecule has 1 aliphatic heterocycles. The van der Waals surface area contributed by atoms with Gasteiger partial charge in [-0.25, -0.2) is 4.79 Å². The van der Waals surface area contributed by atoms with Crippen LogP contribution in [-0.2, 0) is 18.4 Å². The zero-order valence-electron chi connectivity index (χ0n) is 24.0. The van der Waals surface area contributed by atoms with Crippen LogP contribution in [0.15, 0.2) is 78.9 Å². The lowest BCUT2D eigenvalue weighted by Gasteiger charge is -2.34. The summed E-state index contributed by atoms with van der Waals surface area (Å²) in [7, 11) is 3.60. The summed E-state index contributed by atoms with van der Waals surface area (Å²) < 4.78 is 14.1. The topological polar surface area (TPSA) is 84.2 Å². The number of hydrogen-bond acceptors (Lipinski definition) is 5. The molecule has 0 spiro atoms. The third kappa shape index (κ3) is 5.71. The Hall–Kier alpha value is -4.14. The number of rotatable bonds is 5. The second-order valence-electron chi connectivity index (χ2n) is 10.8. The molecule has 0 unspecified atom stereocenters. The number of amides is 2. The van der Waals surface area contributed by atoms with Gasteiger partial charge in [-0.05, 0) is 36.2 Å². The molecule has 0 aliphatic carbocycles. The van der Waals surface area contributed by atoms with Gasteiger partial charge in [0.15, 0.2) is 0 Å². The fourth-order valence-electron chi connectivity index (χ4n) is 5.54. The van der Waals surface area contributed by atoms with Crippen LogP contribution >= 0.6 is 0 Å². The van der Waals surface area contributed by atoms with E-state index in [0.29, 0.717) is 24.6 Å². The molecule has 0 saturated carbocycles. The first-order chi connectivity index (χ1) is 19.8. The van der Waals surface area contributed by atoms with Gasteiger partial charge in [0.25, 0.3) is 5.91 Å². The molecule has 0 bridgehead atoms. The highest BCUT2D eigenvalue weighted by molar-refractivity contribution is 6.10. The molecule has 0 fully saturated rings. The van der Waals surface area contributed by atoms with E-state index in [1.165, 1.54) is 4.90 Å². The van der Waals surface area contributed by atoms with Crippen molar-refractivity contribution in [3.63, 3.8) is 0 Å². The average molecular weight is 556 g/mol. The summed E-state index contributed by atoms with van der Waals surface area (Å²) in [6.07, 6.45) is -0.896. The Balaban J connectivity index is 1.55. The Bertz CT molecular complexity index is 1530. The van der Waals surface area contributed by atoms with Crippen LogP contribution in [-0.4, -0.2) is 70.4 Å². The number of carbonyl (C=O) groups is 2. The van der Waals surface area contributed by atoms with Crippen molar-refractivity contribution in [1.82, 2.24) is 14.4 Å². The van der Waals surface area contributed by atoms with Crippen LogP contribution in [0.4, 0.5) is 4.79 Å². The SMILES string of the molecule is C[C@H](CO)N1C[C@H](C)[C@@H](CN(C)C(=O)Oc2ccccc2)OCc2ccccc2-c2c(n(C)c3ccccc23)C1=O. The summed E-state index contributed by atoms with van der Waals surface area (Å²) in [5, 5.41) is 11.2. The smallest absolute Gasteiger partial charge is 0.410 e. The van der Waals surface area contributed by atoms with Gasteiger partial charge in [-0.3, -0.25) is 4.79 Å². The zero-order valence-corrected chi connectivity index (χ0v) is 24.0. The number of aliphatic hydroxyl groups excluding tert-OH is 1. The minimum absolute atomic E-state index is 0.153. The number of aliphatic hydroxyl groups is 1. The van der Waals surface area contributed by atoms with E-state index in [1.54, 1.807) is 24.1 Å². The van der Waals surface area contributed by atoms with Gasteiger partial charge >= 0.3 is 6.09 Å². The Morgan fingerprint density at radius 2 is 1.76 bits per heavy atom.